The first-order valence-electron chi connectivity index (χ1n) is 6.01. The van der Waals surface area contributed by atoms with Crippen LogP contribution in [0.5, 0.6) is 0 Å². The summed E-state index contributed by atoms with van der Waals surface area (Å²) < 4.78 is 14.2. The Hall–Kier alpha value is -2.63. The predicted molar refractivity (Wildman–Crippen MR) is 72.7 cm³/mol. The maximum absolute atomic E-state index is 14.2. The molecule has 0 radical (unpaired) electrons. The maximum Gasteiger partial charge on any atom is 0.303 e. The Morgan fingerprint density at radius 3 is 2.85 bits per heavy atom. The molecule has 1 aromatic heterocycles. The molecule has 2 aromatic rings. The molecular formula is C14H13FN2O3. The van der Waals surface area contributed by atoms with E-state index in [4.69, 9.17) is 5.11 Å². The molecule has 0 unspecified atom stereocenters. The van der Waals surface area contributed by atoms with E-state index in [0.29, 0.717) is 11.4 Å². The van der Waals surface area contributed by atoms with Crippen molar-refractivity contribution in [3.05, 3.63) is 58.1 Å². The van der Waals surface area contributed by atoms with Crippen molar-refractivity contribution in [2.45, 2.75) is 12.8 Å². The maximum atomic E-state index is 14.2. The van der Waals surface area contributed by atoms with Crippen LogP contribution in [-0.4, -0.2) is 16.1 Å². The zero-order valence-electron chi connectivity index (χ0n) is 10.5. The third-order valence-electron chi connectivity index (χ3n) is 2.73. The van der Waals surface area contributed by atoms with E-state index < -0.39 is 11.8 Å². The number of nitrogens with one attached hydrogen (secondary N) is 2. The van der Waals surface area contributed by atoms with Crippen LogP contribution in [0.2, 0.25) is 0 Å². The lowest BCUT2D eigenvalue weighted by molar-refractivity contribution is -0.136. The van der Waals surface area contributed by atoms with Gasteiger partial charge in [-0.2, -0.15) is 0 Å². The van der Waals surface area contributed by atoms with Gasteiger partial charge in [-0.15, -0.1) is 0 Å². The molecule has 0 saturated carbocycles. The van der Waals surface area contributed by atoms with Gasteiger partial charge in [0.05, 0.1) is 5.69 Å². The lowest BCUT2D eigenvalue weighted by Crippen LogP contribution is -2.05. The number of benzene rings is 1. The third kappa shape index (κ3) is 3.44. The summed E-state index contributed by atoms with van der Waals surface area (Å²) in [7, 11) is 0. The van der Waals surface area contributed by atoms with Gasteiger partial charge in [0.25, 0.3) is 0 Å². The van der Waals surface area contributed by atoms with Crippen LogP contribution in [0.25, 0.3) is 0 Å². The molecule has 6 heteroatoms. The van der Waals surface area contributed by atoms with Gasteiger partial charge in [-0.3, -0.25) is 9.59 Å². The second-order valence-corrected chi connectivity index (χ2v) is 4.24. The fourth-order valence-electron chi connectivity index (χ4n) is 1.77. The van der Waals surface area contributed by atoms with Crippen LogP contribution < -0.4 is 10.7 Å². The number of carboxylic acid groups (broad SMARTS) is 1. The van der Waals surface area contributed by atoms with Gasteiger partial charge < -0.3 is 15.4 Å². The van der Waals surface area contributed by atoms with Crippen LogP contribution in [0.1, 0.15) is 12.0 Å². The monoisotopic (exact) mass is 276 g/mol. The Labute approximate surface area is 114 Å². The molecule has 0 aliphatic heterocycles. The van der Waals surface area contributed by atoms with Crippen LogP contribution in [0.3, 0.4) is 0 Å². The number of hydrogen-bond donors (Lipinski definition) is 3. The first-order chi connectivity index (χ1) is 9.56. The number of rotatable bonds is 5. The molecule has 0 amide bonds. The quantitative estimate of drug-likeness (QED) is 0.782. The minimum atomic E-state index is -0.977. The molecule has 0 aliphatic rings. The number of aromatic amines is 1. The molecule has 0 saturated heterocycles. The highest BCUT2D eigenvalue weighted by Gasteiger charge is 2.10. The van der Waals surface area contributed by atoms with Gasteiger partial charge in [0.15, 0.2) is 5.43 Å². The molecule has 0 aliphatic carbocycles. The number of halogens is 1. The van der Waals surface area contributed by atoms with Crippen molar-refractivity contribution < 1.29 is 14.3 Å². The lowest BCUT2D eigenvalue weighted by Gasteiger charge is -2.10. The number of aryl methyl sites for hydroxylation is 1. The van der Waals surface area contributed by atoms with Crippen molar-refractivity contribution in [3.8, 4) is 0 Å². The molecule has 0 atom stereocenters. The fourth-order valence-corrected chi connectivity index (χ4v) is 1.77. The molecular weight excluding hydrogens is 263 g/mol. The Morgan fingerprint density at radius 2 is 2.15 bits per heavy atom. The van der Waals surface area contributed by atoms with Gasteiger partial charge in [-0.25, -0.2) is 4.39 Å². The number of pyridine rings is 1. The average Bonchev–Trinajstić information content (AvgIpc) is 2.40. The second-order valence-electron chi connectivity index (χ2n) is 4.24. The Balaban J connectivity index is 2.22. The zero-order valence-corrected chi connectivity index (χ0v) is 10.5. The Kier molecular flexibility index (Phi) is 4.14. The van der Waals surface area contributed by atoms with Crippen LogP contribution in [-0.2, 0) is 11.2 Å². The summed E-state index contributed by atoms with van der Waals surface area (Å²) in [6, 6.07) is 7.35. The van der Waals surface area contributed by atoms with E-state index in [1.54, 1.807) is 6.07 Å². The lowest BCUT2D eigenvalue weighted by atomic mass is 10.1. The van der Waals surface area contributed by atoms with Gasteiger partial charge in [0.1, 0.15) is 11.6 Å². The third-order valence-corrected chi connectivity index (χ3v) is 2.73. The molecule has 0 bridgehead atoms. The number of carboxylic acids is 1. The topological polar surface area (TPSA) is 82.2 Å². The van der Waals surface area contributed by atoms with Crippen LogP contribution in [0, 0.1) is 5.82 Å². The SMILES string of the molecule is O=C(O)CCc1cccc(Nc2cc(=O)cc[nH]2)c1F. The smallest absolute Gasteiger partial charge is 0.303 e. The summed E-state index contributed by atoms with van der Waals surface area (Å²) in [5.41, 5.74) is 0.305. The molecule has 2 rings (SSSR count). The number of hydrogen-bond acceptors (Lipinski definition) is 3. The van der Waals surface area contributed by atoms with Crippen molar-refractivity contribution in [3.63, 3.8) is 0 Å². The molecule has 104 valence electrons. The van der Waals surface area contributed by atoms with Crippen molar-refractivity contribution >= 4 is 17.5 Å². The van der Waals surface area contributed by atoms with Crippen LogP contribution >= 0.6 is 0 Å². The normalized spacial score (nSPS) is 10.2. The molecule has 0 fully saturated rings. The Morgan fingerprint density at radius 1 is 1.35 bits per heavy atom. The van der Waals surface area contributed by atoms with E-state index in [1.165, 1.54) is 30.5 Å². The minimum absolute atomic E-state index is 0.113. The summed E-state index contributed by atoms with van der Waals surface area (Å²) >= 11 is 0. The van der Waals surface area contributed by atoms with Crippen LogP contribution in [0.4, 0.5) is 15.9 Å². The van der Waals surface area contributed by atoms with Gasteiger partial charge in [-0.1, -0.05) is 12.1 Å². The van der Waals surface area contributed by atoms with E-state index in [2.05, 4.69) is 10.3 Å². The number of carbonyl (C=O) groups is 1. The molecule has 20 heavy (non-hydrogen) atoms. The van der Waals surface area contributed by atoms with Crippen LogP contribution in [0.15, 0.2) is 41.3 Å². The first-order valence-corrected chi connectivity index (χ1v) is 6.01. The highest BCUT2D eigenvalue weighted by Crippen LogP contribution is 2.21. The predicted octanol–water partition coefficient (Wildman–Crippen LogP) is 2.27. The van der Waals surface area contributed by atoms with Gasteiger partial charge in [-0.05, 0) is 18.1 Å². The molecule has 5 nitrogen and oxygen atoms in total. The highest BCUT2D eigenvalue weighted by atomic mass is 19.1. The van der Waals surface area contributed by atoms with Gasteiger partial charge in [0, 0.05) is 24.8 Å². The summed E-state index contributed by atoms with van der Waals surface area (Å²) in [5.74, 6) is -1.12. The standard InChI is InChI=1S/C14H13FN2O3/c15-14-9(4-5-13(19)20)2-1-3-11(14)17-12-8-10(18)6-7-16-12/h1-3,6-8H,4-5H2,(H,19,20)(H2,16,17,18). The number of anilines is 2. The van der Waals surface area contributed by atoms with Gasteiger partial charge in [0.2, 0.25) is 0 Å². The molecule has 1 aromatic carbocycles. The van der Waals surface area contributed by atoms with Crippen molar-refractivity contribution in [2.24, 2.45) is 0 Å². The van der Waals surface area contributed by atoms with Crippen molar-refractivity contribution in [2.75, 3.05) is 5.32 Å². The average molecular weight is 276 g/mol. The number of aromatic nitrogens is 1. The number of H-pyrrole nitrogens is 1. The van der Waals surface area contributed by atoms with E-state index >= 15 is 0 Å². The molecule has 0 spiro atoms. The van der Waals surface area contributed by atoms with Crippen molar-refractivity contribution in [1.29, 1.82) is 0 Å². The van der Waals surface area contributed by atoms with E-state index in [0.717, 1.165) is 0 Å². The summed E-state index contributed by atoms with van der Waals surface area (Å²) in [6.45, 7) is 0. The summed E-state index contributed by atoms with van der Waals surface area (Å²) in [6.07, 6.45) is 1.43. The van der Waals surface area contributed by atoms with E-state index in [1.807, 2.05) is 0 Å². The summed E-state index contributed by atoms with van der Waals surface area (Å²) in [4.78, 5) is 24.5. The second kappa shape index (κ2) is 6.01. The van der Waals surface area contributed by atoms with Crippen molar-refractivity contribution in [1.82, 2.24) is 4.98 Å². The Bertz CT molecular complexity index is 682. The molecule has 1 heterocycles. The minimum Gasteiger partial charge on any atom is -0.481 e. The van der Waals surface area contributed by atoms with Gasteiger partial charge >= 0.3 is 5.97 Å². The summed E-state index contributed by atoms with van der Waals surface area (Å²) in [5, 5.41) is 11.4. The highest BCUT2D eigenvalue weighted by molar-refractivity contribution is 5.67. The van der Waals surface area contributed by atoms with E-state index in [9.17, 15) is 14.0 Å². The largest absolute Gasteiger partial charge is 0.481 e. The van der Waals surface area contributed by atoms with E-state index in [-0.39, 0.29) is 24.0 Å². The fraction of sp³-hybridized carbons (Fsp3) is 0.143. The molecule has 3 N–H and O–H groups in total. The first kappa shape index (κ1) is 13.8. The zero-order chi connectivity index (χ0) is 14.5. The number of aliphatic carboxylic acids is 1.